The van der Waals surface area contributed by atoms with Crippen molar-refractivity contribution in [2.45, 2.75) is 13.3 Å². The highest BCUT2D eigenvalue weighted by Gasteiger charge is 2.11. The van der Waals surface area contributed by atoms with Gasteiger partial charge in [0.15, 0.2) is 0 Å². The molecule has 18 heavy (non-hydrogen) atoms. The molecule has 1 amide bonds. The molecule has 0 radical (unpaired) electrons. The maximum atomic E-state index is 12.0. The summed E-state index contributed by atoms with van der Waals surface area (Å²) in [7, 11) is 1.82. The van der Waals surface area contributed by atoms with Crippen LogP contribution in [0.15, 0.2) is 18.3 Å². The van der Waals surface area contributed by atoms with E-state index in [1.807, 2.05) is 25.4 Å². The maximum Gasteiger partial charge on any atom is 0.255 e. The Morgan fingerprint density at radius 2 is 2.28 bits per heavy atom. The zero-order valence-corrected chi connectivity index (χ0v) is 12.1. The van der Waals surface area contributed by atoms with Gasteiger partial charge >= 0.3 is 0 Å². The van der Waals surface area contributed by atoms with Crippen LogP contribution in [-0.2, 0) is 0 Å². The molecule has 0 spiro atoms. The number of carbonyl (C=O) groups is 1. The third kappa shape index (κ3) is 4.56. The Kier molecular flexibility index (Phi) is 6.57. The molecule has 1 aromatic rings. The molecule has 1 N–H and O–H groups in total. The Balaban J connectivity index is 2.58. The van der Waals surface area contributed by atoms with Crippen LogP contribution in [0, 0.1) is 0 Å². The first kappa shape index (κ1) is 14.8. The molecule has 0 atom stereocenters. The number of hydrogen-bond donors (Lipinski definition) is 1. The Morgan fingerprint density at radius 3 is 2.83 bits per heavy atom. The normalized spacial score (nSPS) is 10.2. The van der Waals surface area contributed by atoms with E-state index in [9.17, 15) is 4.79 Å². The number of carbonyl (C=O) groups excluding carboxylic acids is 1. The molecular formula is C13H21N3OS. The summed E-state index contributed by atoms with van der Waals surface area (Å²) in [5, 5.41) is 3.18. The van der Waals surface area contributed by atoms with E-state index >= 15 is 0 Å². The van der Waals surface area contributed by atoms with Crippen molar-refractivity contribution in [1.82, 2.24) is 9.88 Å². The summed E-state index contributed by atoms with van der Waals surface area (Å²) in [6, 6.07) is 3.67. The van der Waals surface area contributed by atoms with Crippen molar-refractivity contribution in [3.8, 4) is 0 Å². The van der Waals surface area contributed by atoms with Crippen LogP contribution in [-0.4, -0.2) is 47.9 Å². The lowest BCUT2D eigenvalue weighted by molar-refractivity contribution is 0.0803. The lowest BCUT2D eigenvalue weighted by Gasteiger charge is -2.16. The third-order valence-electron chi connectivity index (χ3n) is 2.54. The number of anilines is 1. The minimum absolute atomic E-state index is 0.0265. The third-order valence-corrected chi connectivity index (χ3v) is 3.13. The molecule has 0 aromatic carbocycles. The van der Waals surface area contributed by atoms with Gasteiger partial charge in [0.05, 0.1) is 5.56 Å². The van der Waals surface area contributed by atoms with E-state index in [0.29, 0.717) is 5.56 Å². The van der Waals surface area contributed by atoms with Gasteiger partial charge in [-0.3, -0.25) is 4.79 Å². The van der Waals surface area contributed by atoms with E-state index in [0.717, 1.165) is 31.1 Å². The van der Waals surface area contributed by atoms with Gasteiger partial charge in [-0.15, -0.1) is 0 Å². The van der Waals surface area contributed by atoms with Crippen molar-refractivity contribution in [3.05, 3.63) is 23.9 Å². The Hall–Kier alpha value is -1.23. The molecule has 0 saturated heterocycles. The van der Waals surface area contributed by atoms with E-state index in [1.165, 1.54) is 0 Å². The second-order valence-corrected chi connectivity index (χ2v) is 5.06. The standard InChI is InChI=1S/C13H21N3OS/c1-4-7-14-12-6-5-11(10-15-12)13(17)16(2)8-9-18-3/h5-6,10H,4,7-9H2,1-3H3,(H,14,15). The second-order valence-electron chi connectivity index (χ2n) is 4.08. The number of nitrogens with zero attached hydrogens (tertiary/aromatic N) is 2. The zero-order valence-electron chi connectivity index (χ0n) is 11.3. The van der Waals surface area contributed by atoms with Gasteiger partial charge in [0, 0.05) is 32.1 Å². The van der Waals surface area contributed by atoms with Gasteiger partial charge in [-0.2, -0.15) is 11.8 Å². The molecule has 4 nitrogen and oxygen atoms in total. The first-order chi connectivity index (χ1) is 8.69. The fraction of sp³-hybridized carbons (Fsp3) is 0.538. The molecular weight excluding hydrogens is 246 g/mol. The maximum absolute atomic E-state index is 12.0. The van der Waals surface area contributed by atoms with E-state index in [4.69, 9.17) is 0 Å². The number of aromatic nitrogens is 1. The lowest BCUT2D eigenvalue weighted by Crippen LogP contribution is -2.28. The minimum atomic E-state index is 0.0265. The number of thioether (sulfide) groups is 1. The molecule has 1 aromatic heterocycles. The van der Waals surface area contributed by atoms with E-state index < -0.39 is 0 Å². The van der Waals surface area contributed by atoms with Crippen LogP contribution in [0.1, 0.15) is 23.7 Å². The molecule has 0 aliphatic rings. The molecule has 0 aliphatic carbocycles. The topological polar surface area (TPSA) is 45.2 Å². The van der Waals surface area contributed by atoms with Gasteiger partial charge in [0.25, 0.3) is 5.91 Å². The zero-order chi connectivity index (χ0) is 13.4. The SMILES string of the molecule is CCCNc1ccc(C(=O)N(C)CCSC)cn1. The molecule has 1 heterocycles. The van der Waals surface area contributed by atoms with E-state index in [1.54, 1.807) is 22.9 Å². The summed E-state index contributed by atoms with van der Waals surface area (Å²) in [6.45, 7) is 3.76. The highest BCUT2D eigenvalue weighted by Crippen LogP contribution is 2.08. The average molecular weight is 267 g/mol. The summed E-state index contributed by atoms with van der Waals surface area (Å²) in [5.74, 6) is 1.80. The fourth-order valence-electron chi connectivity index (χ4n) is 1.43. The van der Waals surface area contributed by atoms with Crippen LogP contribution in [0.4, 0.5) is 5.82 Å². The lowest BCUT2D eigenvalue weighted by atomic mass is 10.2. The fourth-order valence-corrected chi connectivity index (χ4v) is 1.88. The van der Waals surface area contributed by atoms with Crippen LogP contribution < -0.4 is 5.32 Å². The Morgan fingerprint density at radius 1 is 1.50 bits per heavy atom. The molecule has 5 heteroatoms. The van der Waals surface area contributed by atoms with Gasteiger partial charge in [-0.05, 0) is 24.8 Å². The van der Waals surface area contributed by atoms with E-state index in [-0.39, 0.29) is 5.91 Å². The Bertz CT molecular complexity index is 367. The molecule has 0 unspecified atom stereocenters. The highest BCUT2D eigenvalue weighted by atomic mass is 32.2. The number of rotatable bonds is 7. The summed E-state index contributed by atoms with van der Waals surface area (Å²) in [5.41, 5.74) is 0.639. The summed E-state index contributed by atoms with van der Waals surface area (Å²) in [4.78, 5) is 18.0. The number of hydrogen-bond acceptors (Lipinski definition) is 4. The van der Waals surface area contributed by atoms with Gasteiger partial charge in [-0.25, -0.2) is 4.98 Å². The molecule has 0 saturated carbocycles. The van der Waals surface area contributed by atoms with Gasteiger partial charge in [0.1, 0.15) is 5.82 Å². The Labute approximate surface area is 113 Å². The van der Waals surface area contributed by atoms with Crippen molar-refractivity contribution >= 4 is 23.5 Å². The number of nitrogens with one attached hydrogen (secondary N) is 1. The van der Waals surface area contributed by atoms with Crippen LogP contribution in [0.25, 0.3) is 0 Å². The average Bonchev–Trinajstić information content (AvgIpc) is 2.42. The molecule has 100 valence electrons. The largest absolute Gasteiger partial charge is 0.370 e. The summed E-state index contributed by atoms with van der Waals surface area (Å²) in [6.07, 6.45) is 4.73. The predicted octanol–water partition coefficient (Wildman–Crippen LogP) is 2.34. The molecule has 0 bridgehead atoms. The van der Waals surface area contributed by atoms with Crippen LogP contribution in [0.5, 0.6) is 0 Å². The van der Waals surface area contributed by atoms with Crippen molar-refractivity contribution in [2.24, 2.45) is 0 Å². The van der Waals surface area contributed by atoms with Crippen LogP contribution in [0.3, 0.4) is 0 Å². The van der Waals surface area contributed by atoms with Crippen LogP contribution >= 0.6 is 11.8 Å². The smallest absolute Gasteiger partial charge is 0.255 e. The molecule has 0 aliphatic heterocycles. The monoisotopic (exact) mass is 267 g/mol. The quantitative estimate of drug-likeness (QED) is 0.823. The van der Waals surface area contributed by atoms with Crippen molar-refractivity contribution < 1.29 is 4.79 Å². The highest BCUT2D eigenvalue weighted by molar-refractivity contribution is 7.98. The van der Waals surface area contributed by atoms with Crippen molar-refractivity contribution in [2.75, 3.05) is 37.5 Å². The van der Waals surface area contributed by atoms with Crippen LogP contribution in [0.2, 0.25) is 0 Å². The summed E-state index contributed by atoms with van der Waals surface area (Å²) >= 11 is 1.73. The molecule has 1 rings (SSSR count). The number of amides is 1. The second kappa shape index (κ2) is 7.97. The van der Waals surface area contributed by atoms with Gasteiger partial charge in [0.2, 0.25) is 0 Å². The number of pyridine rings is 1. The van der Waals surface area contributed by atoms with Crippen molar-refractivity contribution in [3.63, 3.8) is 0 Å². The molecule has 0 fully saturated rings. The van der Waals surface area contributed by atoms with Gasteiger partial charge < -0.3 is 10.2 Å². The minimum Gasteiger partial charge on any atom is -0.370 e. The van der Waals surface area contributed by atoms with Crippen molar-refractivity contribution in [1.29, 1.82) is 0 Å². The first-order valence-corrected chi connectivity index (χ1v) is 7.52. The van der Waals surface area contributed by atoms with Gasteiger partial charge in [-0.1, -0.05) is 6.92 Å². The summed E-state index contributed by atoms with van der Waals surface area (Å²) < 4.78 is 0. The van der Waals surface area contributed by atoms with E-state index in [2.05, 4.69) is 17.2 Å². The first-order valence-electron chi connectivity index (χ1n) is 6.13. The predicted molar refractivity (Wildman–Crippen MR) is 78.4 cm³/mol.